The summed E-state index contributed by atoms with van der Waals surface area (Å²) in [6.45, 7) is 8.08. The van der Waals surface area contributed by atoms with Crippen molar-refractivity contribution in [2.24, 2.45) is 0 Å². The third kappa shape index (κ3) is 2.49. The summed E-state index contributed by atoms with van der Waals surface area (Å²) in [5.74, 6) is 2.92. The van der Waals surface area contributed by atoms with E-state index in [2.05, 4.69) is 33.5 Å². The molecule has 1 unspecified atom stereocenters. The summed E-state index contributed by atoms with van der Waals surface area (Å²) in [5, 5.41) is 18.3. The number of likely N-dealkylation sites (tertiary alicyclic amines) is 1. The van der Waals surface area contributed by atoms with E-state index in [9.17, 15) is 5.11 Å². The van der Waals surface area contributed by atoms with Gasteiger partial charge in [0.25, 0.3) is 0 Å². The minimum absolute atomic E-state index is 0.195. The first-order chi connectivity index (χ1) is 9.70. The lowest BCUT2D eigenvalue weighted by Crippen LogP contribution is -2.38. The normalized spacial score (nSPS) is 25.1. The molecule has 1 aromatic heterocycles. The number of hydrogen-bond donors (Lipinski definition) is 1. The van der Waals surface area contributed by atoms with Crippen molar-refractivity contribution < 1.29 is 5.11 Å². The quantitative estimate of drug-likeness (QED) is 0.915. The zero-order chi connectivity index (χ0) is 14.1. The van der Waals surface area contributed by atoms with Crippen molar-refractivity contribution in [3.8, 4) is 0 Å². The van der Waals surface area contributed by atoms with Crippen LogP contribution in [0.1, 0.15) is 63.0 Å². The van der Waals surface area contributed by atoms with E-state index < -0.39 is 0 Å². The number of aliphatic hydroxyl groups excluding tert-OH is 1. The van der Waals surface area contributed by atoms with Gasteiger partial charge in [0, 0.05) is 24.4 Å². The van der Waals surface area contributed by atoms with Gasteiger partial charge < -0.3 is 14.6 Å². The van der Waals surface area contributed by atoms with E-state index in [0.717, 1.165) is 38.3 Å². The van der Waals surface area contributed by atoms with Gasteiger partial charge in [-0.15, -0.1) is 10.2 Å². The van der Waals surface area contributed by atoms with Gasteiger partial charge in [0.05, 0.1) is 6.61 Å². The van der Waals surface area contributed by atoms with E-state index in [-0.39, 0.29) is 12.5 Å². The summed E-state index contributed by atoms with van der Waals surface area (Å²) in [4.78, 5) is 2.54. The van der Waals surface area contributed by atoms with Crippen LogP contribution in [0.15, 0.2) is 0 Å². The van der Waals surface area contributed by atoms with E-state index in [1.807, 2.05) is 0 Å². The number of rotatable bonds is 3. The molecule has 5 nitrogen and oxygen atoms in total. The summed E-state index contributed by atoms with van der Waals surface area (Å²) in [7, 11) is 0. The second-order valence-electron chi connectivity index (χ2n) is 6.49. The first-order valence-corrected chi connectivity index (χ1v) is 7.98. The molecule has 1 fully saturated rings. The van der Waals surface area contributed by atoms with E-state index >= 15 is 0 Å². The Morgan fingerprint density at radius 3 is 2.45 bits per heavy atom. The Hall–Kier alpha value is -0.940. The van der Waals surface area contributed by atoms with Gasteiger partial charge in [-0.3, -0.25) is 0 Å². The Kier molecular flexibility index (Phi) is 4.08. The van der Waals surface area contributed by atoms with Crippen molar-refractivity contribution in [3.63, 3.8) is 0 Å². The van der Waals surface area contributed by atoms with Gasteiger partial charge in [-0.2, -0.15) is 0 Å². The molecule has 0 bridgehead atoms. The summed E-state index contributed by atoms with van der Waals surface area (Å²) in [5.41, 5.74) is 0. The molecule has 0 radical (unpaired) electrons. The average molecular weight is 278 g/mol. The molecule has 112 valence electrons. The van der Waals surface area contributed by atoms with Crippen LogP contribution in [0.25, 0.3) is 0 Å². The van der Waals surface area contributed by atoms with E-state index in [0.29, 0.717) is 12.0 Å². The topological polar surface area (TPSA) is 54.2 Å². The molecule has 3 rings (SSSR count). The molecule has 0 saturated carbocycles. The summed E-state index contributed by atoms with van der Waals surface area (Å²) in [6.07, 6.45) is 4.54. The molecule has 1 N–H and O–H groups in total. The first-order valence-electron chi connectivity index (χ1n) is 7.98. The fourth-order valence-corrected chi connectivity index (χ4v) is 3.63. The minimum atomic E-state index is 0.195. The Labute approximate surface area is 121 Å². The maximum Gasteiger partial charge on any atom is 0.138 e. The van der Waals surface area contributed by atoms with Crippen molar-refractivity contribution in [2.45, 2.75) is 64.0 Å². The van der Waals surface area contributed by atoms with E-state index in [1.54, 1.807) is 0 Å². The lowest BCUT2D eigenvalue weighted by Gasteiger charge is -2.34. The molecule has 5 heteroatoms. The number of hydrogen-bond acceptors (Lipinski definition) is 4. The molecule has 0 aliphatic carbocycles. The minimum Gasteiger partial charge on any atom is -0.396 e. The molecule has 20 heavy (non-hydrogen) atoms. The lowest BCUT2D eigenvalue weighted by atomic mass is 9.94. The van der Waals surface area contributed by atoms with Crippen molar-refractivity contribution >= 4 is 0 Å². The average Bonchev–Trinajstić information content (AvgIpc) is 2.91. The Morgan fingerprint density at radius 2 is 1.80 bits per heavy atom. The molecular formula is C15H26N4O. The smallest absolute Gasteiger partial charge is 0.138 e. The number of fused-ring (bicyclic) bond motifs is 1. The van der Waals surface area contributed by atoms with Gasteiger partial charge in [-0.1, -0.05) is 0 Å². The third-order valence-corrected chi connectivity index (χ3v) is 4.95. The van der Waals surface area contributed by atoms with Gasteiger partial charge in [-0.05, 0) is 52.6 Å². The molecular weight excluding hydrogens is 252 g/mol. The van der Waals surface area contributed by atoms with Crippen molar-refractivity contribution in [1.29, 1.82) is 0 Å². The molecule has 3 heterocycles. The Bertz CT molecular complexity index is 449. The number of piperidine rings is 1. The summed E-state index contributed by atoms with van der Waals surface area (Å²) in [6, 6.07) is 0.641. The van der Waals surface area contributed by atoms with Crippen LogP contribution in [-0.4, -0.2) is 50.5 Å². The predicted octanol–water partition coefficient (Wildman–Crippen LogP) is 1.74. The Balaban J connectivity index is 1.74. The maximum atomic E-state index is 9.47. The SMILES string of the molecule is CC(C)N1CCC(c2nnc3n2CCCC3CO)CC1. The monoisotopic (exact) mass is 278 g/mol. The van der Waals surface area contributed by atoms with Crippen LogP contribution < -0.4 is 0 Å². The highest BCUT2D eigenvalue weighted by Crippen LogP contribution is 2.32. The molecule has 2 aliphatic heterocycles. The highest BCUT2D eigenvalue weighted by Gasteiger charge is 2.30. The van der Waals surface area contributed by atoms with Gasteiger partial charge in [0.2, 0.25) is 0 Å². The van der Waals surface area contributed by atoms with Crippen LogP contribution in [0, 0.1) is 0 Å². The van der Waals surface area contributed by atoms with Crippen molar-refractivity contribution in [1.82, 2.24) is 19.7 Å². The molecule has 0 amide bonds. The van der Waals surface area contributed by atoms with Crippen molar-refractivity contribution in [2.75, 3.05) is 19.7 Å². The molecule has 0 spiro atoms. The van der Waals surface area contributed by atoms with Gasteiger partial charge in [-0.25, -0.2) is 0 Å². The van der Waals surface area contributed by atoms with Gasteiger partial charge in [0.1, 0.15) is 11.6 Å². The second-order valence-corrected chi connectivity index (χ2v) is 6.49. The second kappa shape index (κ2) is 5.82. The number of aromatic nitrogens is 3. The van der Waals surface area contributed by atoms with Crippen LogP contribution in [-0.2, 0) is 6.54 Å². The largest absolute Gasteiger partial charge is 0.396 e. The molecule has 0 aromatic carbocycles. The highest BCUT2D eigenvalue weighted by atomic mass is 16.3. The van der Waals surface area contributed by atoms with E-state index in [1.165, 1.54) is 18.7 Å². The Morgan fingerprint density at radius 1 is 1.10 bits per heavy atom. The van der Waals surface area contributed by atoms with Gasteiger partial charge >= 0.3 is 0 Å². The molecule has 1 atom stereocenters. The van der Waals surface area contributed by atoms with Crippen LogP contribution >= 0.6 is 0 Å². The third-order valence-electron chi connectivity index (χ3n) is 4.95. The molecule has 2 aliphatic rings. The fourth-order valence-electron chi connectivity index (χ4n) is 3.63. The molecule has 1 saturated heterocycles. The predicted molar refractivity (Wildman–Crippen MR) is 77.8 cm³/mol. The van der Waals surface area contributed by atoms with Gasteiger partial charge in [0.15, 0.2) is 0 Å². The van der Waals surface area contributed by atoms with Crippen LogP contribution in [0.4, 0.5) is 0 Å². The van der Waals surface area contributed by atoms with Crippen LogP contribution in [0.2, 0.25) is 0 Å². The zero-order valence-electron chi connectivity index (χ0n) is 12.6. The van der Waals surface area contributed by atoms with Crippen LogP contribution in [0.5, 0.6) is 0 Å². The fraction of sp³-hybridized carbons (Fsp3) is 0.867. The summed E-state index contributed by atoms with van der Waals surface area (Å²) < 4.78 is 2.29. The van der Waals surface area contributed by atoms with Crippen molar-refractivity contribution in [3.05, 3.63) is 11.6 Å². The number of aliphatic hydroxyl groups is 1. The number of nitrogens with zero attached hydrogens (tertiary/aromatic N) is 4. The highest BCUT2D eigenvalue weighted by molar-refractivity contribution is 5.09. The van der Waals surface area contributed by atoms with E-state index in [4.69, 9.17) is 0 Å². The zero-order valence-corrected chi connectivity index (χ0v) is 12.6. The maximum absolute atomic E-state index is 9.47. The molecule has 1 aromatic rings. The first kappa shape index (κ1) is 14.0. The standard InChI is InChI=1S/C15H26N4O/c1-11(2)18-8-5-12(6-9-18)14-16-17-15-13(10-20)4-3-7-19(14)15/h11-13,20H,3-10H2,1-2H3. The lowest BCUT2D eigenvalue weighted by molar-refractivity contribution is 0.167. The van der Waals surface area contributed by atoms with Crippen LogP contribution in [0.3, 0.4) is 0 Å². The summed E-state index contributed by atoms with van der Waals surface area (Å²) >= 11 is 0.